The summed E-state index contributed by atoms with van der Waals surface area (Å²) in [7, 11) is 4.20. The van der Waals surface area contributed by atoms with Crippen molar-refractivity contribution in [3.05, 3.63) is 71.8 Å². The molecular weight excluding hydrogens is 416 g/mol. The van der Waals surface area contributed by atoms with Gasteiger partial charge in [0.05, 0.1) is 22.1 Å². The fourth-order valence-electron chi connectivity index (χ4n) is 4.60. The van der Waals surface area contributed by atoms with E-state index in [0.717, 1.165) is 44.8 Å². The van der Waals surface area contributed by atoms with E-state index in [1.807, 2.05) is 0 Å². The molecule has 2 aromatic heterocycles. The molecule has 0 saturated heterocycles. The van der Waals surface area contributed by atoms with Crippen LogP contribution in [-0.2, 0) is 24.9 Å². The van der Waals surface area contributed by atoms with Gasteiger partial charge >= 0.3 is 0 Å². The van der Waals surface area contributed by atoms with Crippen LogP contribution in [0, 0.1) is 0 Å². The van der Waals surface area contributed by atoms with Crippen LogP contribution < -0.4 is 0 Å². The van der Waals surface area contributed by atoms with E-state index < -0.39 is 0 Å². The molecule has 5 aromatic rings. The third kappa shape index (κ3) is 3.71. The summed E-state index contributed by atoms with van der Waals surface area (Å²) < 4.78 is 4.39. The molecule has 174 valence electrons. The Balaban J connectivity index is 1.53. The third-order valence-corrected chi connectivity index (χ3v) is 6.90. The van der Waals surface area contributed by atoms with Crippen molar-refractivity contribution >= 4 is 22.1 Å². The molecule has 0 unspecified atom stereocenters. The van der Waals surface area contributed by atoms with Crippen LogP contribution in [0.2, 0.25) is 0 Å². The van der Waals surface area contributed by atoms with Crippen LogP contribution in [0.5, 0.6) is 0 Å². The minimum Gasteiger partial charge on any atom is -0.327 e. The maximum atomic E-state index is 4.94. The average molecular weight is 451 g/mol. The van der Waals surface area contributed by atoms with Gasteiger partial charge in [-0.05, 0) is 46.2 Å². The van der Waals surface area contributed by atoms with Crippen LogP contribution in [0.25, 0.3) is 44.8 Å². The minimum atomic E-state index is 0.111. The van der Waals surface area contributed by atoms with Crippen molar-refractivity contribution in [2.45, 2.75) is 52.4 Å². The highest BCUT2D eigenvalue weighted by atomic mass is 15.1. The van der Waals surface area contributed by atoms with Gasteiger partial charge in [-0.15, -0.1) is 0 Å². The standard InChI is InChI=1S/C30H34N4/c1-29(2,3)21-13-15-23-25(17-21)33(7)27(31-23)19-9-11-20(12-10-19)28-32-24-16-14-22(30(4,5)6)18-26(24)34(28)8/h9-18H,1-8H3. The summed E-state index contributed by atoms with van der Waals surface area (Å²) in [6.45, 7) is 13.5. The van der Waals surface area contributed by atoms with Gasteiger partial charge in [0.25, 0.3) is 0 Å². The van der Waals surface area contributed by atoms with Crippen LogP contribution in [-0.4, -0.2) is 19.1 Å². The van der Waals surface area contributed by atoms with Gasteiger partial charge in [0.1, 0.15) is 11.6 Å². The van der Waals surface area contributed by atoms with Gasteiger partial charge < -0.3 is 9.13 Å². The smallest absolute Gasteiger partial charge is 0.140 e. The first kappa shape index (κ1) is 22.4. The van der Waals surface area contributed by atoms with Gasteiger partial charge in [0, 0.05) is 25.2 Å². The SMILES string of the molecule is Cn1c(-c2ccc(-c3nc4ccc(C(C)(C)C)cc4n3C)cc2)nc2ccc(C(C)(C)C)cc21. The second kappa shape index (κ2) is 7.56. The molecule has 34 heavy (non-hydrogen) atoms. The molecule has 2 heterocycles. The molecule has 0 aliphatic rings. The topological polar surface area (TPSA) is 35.6 Å². The zero-order valence-corrected chi connectivity index (χ0v) is 21.6. The molecule has 0 spiro atoms. The monoisotopic (exact) mass is 450 g/mol. The lowest BCUT2D eigenvalue weighted by molar-refractivity contribution is 0.590. The molecule has 4 heteroatoms. The van der Waals surface area contributed by atoms with Crippen molar-refractivity contribution in [1.29, 1.82) is 0 Å². The van der Waals surface area contributed by atoms with Crippen molar-refractivity contribution < 1.29 is 0 Å². The van der Waals surface area contributed by atoms with E-state index in [0.29, 0.717) is 0 Å². The molecule has 3 aromatic carbocycles. The second-order valence-corrected chi connectivity index (χ2v) is 11.5. The van der Waals surface area contributed by atoms with Crippen LogP contribution in [0.3, 0.4) is 0 Å². The number of aromatic nitrogens is 4. The first-order valence-electron chi connectivity index (χ1n) is 12.0. The van der Waals surface area contributed by atoms with E-state index in [-0.39, 0.29) is 10.8 Å². The summed E-state index contributed by atoms with van der Waals surface area (Å²) in [6, 6.07) is 21.8. The van der Waals surface area contributed by atoms with Crippen molar-refractivity contribution in [2.24, 2.45) is 14.1 Å². The molecule has 0 radical (unpaired) electrons. The largest absolute Gasteiger partial charge is 0.327 e. The Labute approximate surface area is 202 Å². The zero-order valence-electron chi connectivity index (χ0n) is 21.6. The number of fused-ring (bicyclic) bond motifs is 2. The summed E-state index contributed by atoms with van der Waals surface area (Å²) in [5, 5.41) is 0. The molecule has 0 fully saturated rings. The van der Waals surface area contributed by atoms with Crippen LogP contribution in [0.15, 0.2) is 60.7 Å². The fraction of sp³-hybridized carbons (Fsp3) is 0.333. The fourth-order valence-corrected chi connectivity index (χ4v) is 4.60. The molecule has 0 bridgehead atoms. The highest BCUT2D eigenvalue weighted by Crippen LogP contribution is 2.32. The molecule has 0 saturated carbocycles. The van der Waals surface area contributed by atoms with Gasteiger partial charge in [-0.1, -0.05) is 77.9 Å². The molecular formula is C30H34N4. The van der Waals surface area contributed by atoms with E-state index in [1.165, 1.54) is 11.1 Å². The van der Waals surface area contributed by atoms with Crippen molar-refractivity contribution in [3.63, 3.8) is 0 Å². The lowest BCUT2D eigenvalue weighted by atomic mass is 9.87. The molecule has 0 N–H and O–H groups in total. The van der Waals surface area contributed by atoms with Gasteiger partial charge in [-0.2, -0.15) is 0 Å². The minimum absolute atomic E-state index is 0.111. The molecule has 0 atom stereocenters. The Morgan fingerprint density at radius 3 is 1.21 bits per heavy atom. The quantitative estimate of drug-likeness (QED) is 0.281. The highest BCUT2D eigenvalue weighted by molar-refractivity contribution is 5.83. The zero-order chi connectivity index (χ0) is 24.4. The summed E-state index contributed by atoms with van der Waals surface area (Å²) in [6.07, 6.45) is 0. The Morgan fingerprint density at radius 1 is 0.529 bits per heavy atom. The van der Waals surface area contributed by atoms with Crippen molar-refractivity contribution in [1.82, 2.24) is 19.1 Å². The number of rotatable bonds is 2. The molecule has 0 aliphatic heterocycles. The Hall–Kier alpha value is -3.40. The number of benzene rings is 3. The van der Waals surface area contributed by atoms with Crippen molar-refractivity contribution in [3.8, 4) is 22.8 Å². The molecule has 5 rings (SSSR count). The van der Waals surface area contributed by atoms with E-state index in [2.05, 4.69) is 125 Å². The van der Waals surface area contributed by atoms with E-state index in [1.54, 1.807) is 0 Å². The Kier molecular flexibility index (Phi) is 4.98. The van der Waals surface area contributed by atoms with Crippen LogP contribution >= 0.6 is 0 Å². The molecule has 4 nitrogen and oxygen atoms in total. The van der Waals surface area contributed by atoms with E-state index in [4.69, 9.17) is 9.97 Å². The maximum absolute atomic E-state index is 4.94. The number of nitrogens with zero attached hydrogens (tertiary/aromatic N) is 4. The number of aryl methyl sites for hydroxylation is 2. The number of hydrogen-bond acceptors (Lipinski definition) is 2. The first-order chi connectivity index (χ1) is 15.9. The van der Waals surface area contributed by atoms with E-state index in [9.17, 15) is 0 Å². The van der Waals surface area contributed by atoms with Crippen LogP contribution in [0.4, 0.5) is 0 Å². The normalized spacial score (nSPS) is 12.7. The van der Waals surface area contributed by atoms with Gasteiger partial charge in [0.15, 0.2) is 0 Å². The summed E-state index contributed by atoms with van der Waals surface area (Å²) in [5.41, 5.74) is 9.45. The lowest BCUT2D eigenvalue weighted by Gasteiger charge is -2.19. The summed E-state index contributed by atoms with van der Waals surface area (Å²) in [5.74, 6) is 1.96. The molecule has 0 aliphatic carbocycles. The maximum Gasteiger partial charge on any atom is 0.140 e. The summed E-state index contributed by atoms with van der Waals surface area (Å²) >= 11 is 0. The molecule has 0 amide bonds. The van der Waals surface area contributed by atoms with Gasteiger partial charge in [0.2, 0.25) is 0 Å². The average Bonchev–Trinajstić information content (AvgIpc) is 3.29. The predicted molar refractivity (Wildman–Crippen MR) is 143 cm³/mol. The lowest BCUT2D eigenvalue weighted by Crippen LogP contribution is -2.10. The Morgan fingerprint density at radius 2 is 0.882 bits per heavy atom. The Bertz CT molecular complexity index is 1400. The van der Waals surface area contributed by atoms with Gasteiger partial charge in [-0.3, -0.25) is 0 Å². The van der Waals surface area contributed by atoms with Gasteiger partial charge in [-0.25, -0.2) is 9.97 Å². The van der Waals surface area contributed by atoms with Crippen molar-refractivity contribution in [2.75, 3.05) is 0 Å². The van der Waals surface area contributed by atoms with Crippen LogP contribution in [0.1, 0.15) is 52.7 Å². The van der Waals surface area contributed by atoms with E-state index >= 15 is 0 Å². The third-order valence-electron chi connectivity index (χ3n) is 6.90. The predicted octanol–water partition coefficient (Wildman–Crippen LogP) is 7.39. The number of hydrogen-bond donors (Lipinski definition) is 0. The summed E-state index contributed by atoms with van der Waals surface area (Å²) in [4.78, 5) is 9.87. The highest BCUT2D eigenvalue weighted by Gasteiger charge is 2.19. The number of imidazole rings is 2. The first-order valence-corrected chi connectivity index (χ1v) is 12.0. The second-order valence-electron chi connectivity index (χ2n) is 11.5.